The number of aromatic hydroxyl groups is 1. The molecule has 0 unspecified atom stereocenters. The van der Waals surface area contributed by atoms with Gasteiger partial charge in [0.1, 0.15) is 0 Å². The molecule has 0 bridgehead atoms. The van der Waals surface area contributed by atoms with Gasteiger partial charge in [-0.15, -0.1) is 10.2 Å². The molecular weight excluding hydrogens is 508 g/mol. The Morgan fingerprint density at radius 1 is 1.00 bits per heavy atom. The largest absolute Gasteiger partial charge is 0.493 e. The van der Waals surface area contributed by atoms with Crippen molar-refractivity contribution in [3.05, 3.63) is 100 Å². The highest BCUT2D eigenvalue weighted by molar-refractivity contribution is 9.10. The molecular formula is C27H17BrN4O3. The third-order valence-electron chi connectivity index (χ3n) is 6.15. The molecule has 0 spiro atoms. The Hall–Kier alpha value is -4.30. The van der Waals surface area contributed by atoms with Crippen molar-refractivity contribution in [2.75, 3.05) is 4.90 Å². The lowest BCUT2D eigenvalue weighted by Gasteiger charge is -2.18. The van der Waals surface area contributed by atoms with Crippen LogP contribution in [0.4, 0.5) is 11.4 Å². The van der Waals surface area contributed by atoms with Gasteiger partial charge in [-0.2, -0.15) is 0 Å². The first kappa shape index (κ1) is 21.2. The smallest absolute Gasteiger partial charge is 0.295 e. The van der Waals surface area contributed by atoms with Crippen molar-refractivity contribution in [1.29, 1.82) is 0 Å². The van der Waals surface area contributed by atoms with Gasteiger partial charge in [0.05, 0.1) is 17.7 Å². The Morgan fingerprint density at radius 3 is 2.57 bits per heavy atom. The van der Waals surface area contributed by atoms with Crippen molar-refractivity contribution in [2.24, 2.45) is 10.2 Å². The van der Waals surface area contributed by atoms with Gasteiger partial charge in [0, 0.05) is 26.4 Å². The fourth-order valence-corrected chi connectivity index (χ4v) is 4.82. The Labute approximate surface area is 207 Å². The third-order valence-corrected chi connectivity index (χ3v) is 6.64. The molecule has 5 aromatic rings. The molecule has 7 nitrogen and oxygen atoms in total. The van der Waals surface area contributed by atoms with E-state index in [0.717, 1.165) is 26.5 Å². The zero-order valence-corrected chi connectivity index (χ0v) is 19.8. The summed E-state index contributed by atoms with van der Waals surface area (Å²) in [4.78, 5) is 30.2. The van der Waals surface area contributed by atoms with Crippen LogP contribution in [0.25, 0.3) is 21.7 Å². The number of halogens is 1. The van der Waals surface area contributed by atoms with Crippen molar-refractivity contribution in [3.8, 4) is 5.88 Å². The predicted octanol–water partition coefficient (Wildman–Crippen LogP) is 6.87. The number of benzene rings is 4. The van der Waals surface area contributed by atoms with Gasteiger partial charge in [0.25, 0.3) is 11.8 Å². The van der Waals surface area contributed by atoms with Crippen LogP contribution in [-0.4, -0.2) is 21.9 Å². The van der Waals surface area contributed by atoms with Gasteiger partial charge in [-0.3, -0.25) is 9.59 Å². The van der Waals surface area contributed by atoms with E-state index in [0.29, 0.717) is 28.6 Å². The number of rotatable bonds is 4. The van der Waals surface area contributed by atoms with Crippen LogP contribution < -0.4 is 4.90 Å². The van der Waals surface area contributed by atoms with Gasteiger partial charge in [-0.25, -0.2) is 0 Å². The monoisotopic (exact) mass is 524 g/mol. The average Bonchev–Trinajstić information content (AvgIpc) is 3.32. The lowest BCUT2D eigenvalue weighted by atomic mass is 10.1. The number of aromatic nitrogens is 1. The van der Waals surface area contributed by atoms with Crippen LogP contribution in [0.3, 0.4) is 0 Å². The zero-order valence-electron chi connectivity index (χ0n) is 18.2. The summed E-state index contributed by atoms with van der Waals surface area (Å²) in [7, 11) is 0. The minimum Gasteiger partial charge on any atom is -0.493 e. The molecule has 170 valence electrons. The first-order valence-electron chi connectivity index (χ1n) is 10.9. The van der Waals surface area contributed by atoms with Gasteiger partial charge in [-0.05, 0) is 53.4 Å². The number of azo groups is 1. The molecule has 0 saturated carbocycles. The molecule has 2 N–H and O–H groups in total. The van der Waals surface area contributed by atoms with Crippen molar-refractivity contribution < 1.29 is 14.7 Å². The van der Waals surface area contributed by atoms with Crippen molar-refractivity contribution >= 4 is 60.8 Å². The highest BCUT2D eigenvalue weighted by Crippen LogP contribution is 2.38. The summed E-state index contributed by atoms with van der Waals surface area (Å²) in [5.74, 6) is -0.720. The van der Waals surface area contributed by atoms with E-state index in [2.05, 4.69) is 31.1 Å². The summed E-state index contributed by atoms with van der Waals surface area (Å²) in [5.41, 5.74) is 3.73. The summed E-state index contributed by atoms with van der Waals surface area (Å²) < 4.78 is 0.818. The van der Waals surface area contributed by atoms with E-state index in [-0.39, 0.29) is 17.5 Å². The van der Waals surface area contributed by atoms with Crippen LogP contribution in [0.2, 0.25) is 0 Å². The summed E-state index contributed by atoms with van der Waals surface area (Å²) >= 11 is 3.39. The molecule has 0 atom stereocenters. The summed E-state index contributed by atoms with van der Waals surface area (Å²) in [6, 6.07) is 24.0. The molecule has 0 radical (unpaired) electrons. The topological polar surface area (TPSA) is 98.1 Å². The van der Waals surface area contributed by atoms with E-state index in [1.165, 1.54) is 0 Å². The predicted molar refractivity (Wildman–Crippen MR) is 137 cm³/mol. The maximum Gasteiger partial charge on any atom is 0.295 e. The quantitative estimate of drug-likeness (QED) is 0.251. The first-order chi connectivity index (χ1) is 17.0. The van der Waals surface area contributed by atoms with Gasteiger partial charge in [0.2, 0.25) is 5.88 Å². The summed E-state index contributed by atoms with van der Waals surface area (Å²) in [5, 5.41) is 20.6. The van der Waals surface area contributed by atoms with E-state index < -0.39 is 5.91 Å². The van der Waals surface area contributed by atoms with E-state index in [1.807, 2.05) is 42.5 Å². The van der Waals surface area contributed by atoms with Crippen LogP contribution in [0.5, 0.6) is 5.88 Å². The van der Waals surface area contributed by atoms with E-state index in [1.54, 1.807) is 41.3 Å². The number of anilines is 1. The number of nitrogens with one attached hydrogen (secondary N) is 1. The number of H-pyrrole nitrogens is 1. The second kappa shape index (κ2) is 8.18. The zero-order chi connectivity index (χ0) is 24.1. The molecule has 1 aromatic heterocycles. The molecule has 4 aromatic carbocycles. The number of fused-ring (bicyclic) bond motifs is 1. The van der Waals surface area contributed by atoms with E-state index in [9.17, 15) is 14.7 Å². The number of amides is 2. The van der Waals surface area contributed by atoms with Crippen LogP contribution in [0.15, 0.2) is 93.6 Å². The third kappa shape index (κ3) is 3.59. The molecule has 35 heavy (non-hydrogen) atoms. The van der Waals surface area contributed by atoms with Gasteiger partial charge in [0.15, 0.2) is 5.69 Å². The fourth-order valence-electron chi connectivity index (χ4n) is 4.46. The highest BCUT2D eigenvalue weighted by atomic mass is 79.9. The van der Waals surface area contributed by atoms with Crippen LogP contribution in [-0.2, 0) is 6.54 Å². The van der Waals surface area contributed by atoms with Crippen LogP contribution in [0, 0.1) is 0 Å². The van der Waals surface area contributed by atoms with Crippen LogP contribution >= 0.6 is 15.9 Å². The molecule has 1 aliphatic heterocycles. The minimum absolute atomic E-state index is 0.0315. The Bertz CT molecular complexity index is 1680. The van der Waals surface area contributed by atoms with Crippen LogP contribution in [0.1, 0.15) is 26.3 Å². The minimum atomic E-state index is -0.533. The molecule has 0 fully saturated rings. The SMILES string of the molecule is O=C(N=Nc1c(O)[nH]c2ccc(Br)cc12)c1ccc(CN2C(=O)c3cccc4cccc2c34)cc1. The summed E-state index contributed by atoms with van der Waals surface area (Å²) in [6.45, 7) is 0.390. The number of carbonyl (C=O) groups excluding carboxylic acids is 2. The summed E-state index contributed by atoms with van der Waals surface area (Å²) in [6.07, 6.45) is 0. The number of hydrogen-bond donors (Lipinski definition) is 2. The van der Waals surface area contributed by atoms with Crippen molar-refractivity contribution in [3.63, 3.8) is 0 Å². The highest BCUT2D eigenvalue weighted by Gasteiger charge is 2.29. The molecule has 8 heteroatoms. The van der Waals surface area contributed by atoms with Crippen molar-refractivity contribution in [2.45, 2.75) is 6.54 Å². The van der Waals surface area contributed by atoms with Gasteiger partial charge in [-0.1, -0.05) is 52.3 Å². The lowest BCUT2D eigenvalue weighted by molar-refractivity contribution is 0.0984. The van der Waals surface area contributed by atoms with Crippen molar-refractivity contribution in [1.82, 2.24) is 4.98 Å². The number of carbonyl (C=O) groups is 2. The average molecular weight is 525 g/mol. The molecule has 0 saturated heterocycles. The maximum absolute atomic E-state index is 13.0. The Kier molecular flexibility index (Phi) is 4.96. The molecule has 1 aliphatic rings. The standard InChI is InChI=1S/C27H17BrN4O3/c28-18-11-12-21-20(13-18)24(26(34)29-21)30-31-25(33)17-9-7-15(8-10-17)14-32-22-6-2-4-16-3-1-5-19(23(16)22)27(32)35/h1-13,29,34H,14H2. The number of nitrogens with zero attached hydrogens (tertiary/aromatic N) is 3. The maximum atomic E-state index is 13.0. The number of hydrogen-bond acceptors (Lipinski definition) is 4. The second-order valence-corrected chi connectivity index (χ2v) is 9.20. The molecule has 2 amide bonds. The Morgan fingerprint density at radius 2 is 1.77 bits per heavy atom. The second-order valence-electron chi connectivity index (χ2n) is 8.29. The fraction of sp³-hybridized carbons (Fsp3) is 0.0370. The Balaban J connectivity index is 1.22. The lowest BCUT2D eigenvalue weighted by Crippen LogP contribution is -2.26. The first-order valence-corrected chi connectivity index (χ1v) is 11.7. The molecule has 6 rings (SSSR count). The van der Waals surface area contributed by atoms with Gasteiger partial charge < -0.3 is 15.0 Å². The number of aromatic amines is 1. The van der Waals surface area contributed by atoms with E-state index >= 15 is 0 Å². The van der Waals surface area contributed by atoms with E-state index in [4.69, 9.17) is 0 Å². The molecule has 2 heterocycles. The van der Waals surface area contributed by atoms with Gasteiger partial charge >= 0.3 is 0 Å². The normalized spacial score (nSPS) is 12.9. The molecule has 0 aliphatic carbocycles.